The van der Waals surface area contributed by atoms with Gasteiger partial charge in [0, 0.05) is 16.1 Å². The average molecular weight is 547 g/mol. The van der Waals surface area contributed by atoms with Gasteiger partial charge in [0.05, 0.1) is 28.6 Å². The van der Waals surface area contributed by atoms with Gasteiger partial charge in [-0.3, -0.25) is 14.5 Å². The lowest BCUT2D eigenvalue weighted by molar-refractivity contribution is -0.123. The number of hydrogen-bond donors (Lipinski definition) is 0. The number of halogens is 2. The van der Waals surface area contributed by atoms with Crippen LogP contribution in [0.3, 0.4) is 0 Å². The highest BCUT2D eigenvalue weighted by molar-refractivity contribution is 9.10. The van der Waals surface area contributed by atoms with Crippen LogP contribution in [-0.4, -0.2) is 28.6 Å². The van der Waals surface area contributed by atoms with E-state index in [4.69, 9.17) is 20.8 Å². The van der Waals surface area contributed by atoms with Gasteiger partial charge in [-0.25, -0.2) is 4.79 Å². The summed E-state index contributed by atoms with van der Waals surface area (Å²) in [5.74, 6) is -0.00307. The Morgan fingerprint density at radius 2 is 2.00 bits per heavy atom. The molecule has 0 N–H and O–H groups in total. The van der Waals surface area contributed by atoms with Crippen LogP contribution in [-0.2, 0) is 16.1 Å². The van der Waals surface area contributed by atoms with E-state index in [0.29, 0.717) is 17.1 Å². The zero-order valence-electron chi connectivity index (χ0n) is 17.3. The fourth-order valence-corrected chi connectivity index (χ4v) is 4.67. The number of thioether (sulfide) groups is 1. The molecule has 1 saturated heterocycles. The normalized spacial score (nSPS) is 14.9. The van der Waals surface area contributed by atoms with Crippen LogP contribution in [0.2, 0.25) is 5.02 Å². The number of carbonyl (C=O) groups excluding carboxylic acids is 3. The Kier molecular flexibility index (Phi) is 7.07. The number of nitrogens with zero attached hydrogens (tertiary/aromatic N) is 1. The minimum Gasteiger partial charge on any atom is -0.462 e. The van der Waals surface area contributed by atoms with Crippen molar-refractivity contribution in [1.82, 2.24) is 4.90 Å². The minimum atomic E-state index is -0.518. The quantitative estimate of drug-likeness (QED) is 0.251. The average Bonchev–Trinajstić information content (AvgIpc) is 3.35. The first-order valence-electron chi connectivity index (χ1n) is 9.92. The number of benzene rings is 2. The summed E-state index contributed by atoms with van der Waals surface area (Å²) < 4.78 is 11.8. The predicted molar refractivity (Wildman–Crippen MR) is 131 cm³/mol. The molecule has 1 aromatic heterocycles. The largest absolute Gasteiger partial charge is 0.462 e. The van der Waals surface area contributed by atoms with Crippen molar-refractivity contribution in [1.29, 1.82) is 0 Å². The highest BCUT2D eigenvalue weighted by atomic mass is 79.9. The SMILES string of the molecule is CCOC(=O)c1cc(-c2ccc(/C=C3/SC(=O)N(Cc4cccc(Br)c4)C3=O)o2)ccc1Cl. The monoisotopic (exact) mass is 545 g/mol. The lowest BCUT2D eigenvalue weighted by Crippen LogP contribution is -2.27. The van der Waals surface area contributed by atoms with E-state index in [1.54, 1.807) is 37.3 Å². The molecular formula is C24H17BrClNO5S. The van der Waals surface area contributed by atoms with Crippen LogP contribution in [0.1, 0.15) is 28.6 Å². The number of carbonyl (C=O) groups is 3. The van der Waals surface area contributed by atoms with Gasteiger partial charge in [0.15, 0.2) is 0 Å². The third-order valence-electron chi connectivity index (χ3n) is 4.75. The van der Waals surface area contributed by atoms with Crippen LogP contribution in [0.5, 0.6) is 0 Å². The maximum Gasteiger partial charge on any atom is 0.339 e. The molecule has 2 heterocycles. The van der Waals surface area contributed by atoms with Crippen molar-refractivity contribution in [3.63, 3.8) is 0 Å². The summed E-state index contributed by atoms with van der Waals surface area (Å²) in [4.78, 5) is 38.8. The van der Waals surface area contributed by atoms with Gasteiger partial charge in [0.25, 0.3) is 11.1 Å². The van der Waals surface area contributed by atoms with E-state index >= 15 is 0 Å². The fourth-order valence-electron chi connectivity index (χ4n) is 3.21. The van der Waals surface area contributed by atoms with Gasteiger partial charge in [-0.2, -0.15) is 0 Å². The Bertz CT molecular complexity index is 1290. The van der Waals surface area contributed by atoms with E-state index in [9.17, 15) is 14.4 Å². The number of esters is 1. The molecule has 33 heavy (non-hydrogen) atoms. The highest BCUT2D eigenvalue weighted by Gasteiger charge is 2.35. The number of furan rings is 1. The smallest absolute Gasteiger partial charge is 0.339 e. The van der Waals surface area contributed by atoms with E-state index in [1.165, 1.54) is 11.0 Å². The number of ether oxygens (including phenoxy) is 1. The molecule has 4 rings (SSSR count). The second-order valence-electron chi connectivity index (χ2n) is 7.01. The second-order valence-corrected chi connectivity index (χ2v) is 9.33. The molecule has 0 unspecified atom stereocenters. The first-order chi connectivity index (χ1) is 15.9. The summed E-state index contributed by atoms with van der Waals surface area (Å²) in [5, 5.41) is -0.0575. The van der Waals surface area contributed by atoms with Crippen LogP contribution in [0.15, 0.2) is 68.4 Å². The molecule has 0 aliphatic carbocycles. The van der Waals surface area contributed by atoms with Gasteiger partial charge in [-0.1, -0.05) is 39.7 Å². The maximum absolute atomic E-state index is 12.8. The maximum atomic E-state index is 12.8. The van der Waals surface area contributed by atoms with Gasteiger partial charge in [0.2, 0.25) is 0 Å². The molecule has 0 atom stereocenters. The van der Waals surface area contributed by atoms with Crippen LogP contribution in [0, 0.1) is 0 Å². The van der Waals surface area contributed by atoms with Gasteiger partial charge < -0.3 is 9.15 Å². The number of hydrogen-bond acceptors (Lipinski definition) is 6. The summed E-state index contributed by atoms with van der Waals surface area (Å²) >= 11 is 10.4. The van der Waals surface area contributed by atoms with Gasteiger partial charge >= 0.3 is 5.97 Å². The zero-order chi connectivity index (χ0) is 23.5. The molecule has 1 fully saturated rings. The first kappa shape index (κ1) is 23.4. The van der Waals surface area contributed by atoms with Crippen molar-refractivity contribution in [2.75, 3.05) is 6.61 Å². The van der Waals surface area contributed by atoms with Crippen molar-refractivity contribution in [2.24, 2.45) is 0 Å². The summed E-state index contributed by atoms with van der Waals surface area (Å²) in [6.07, 6.45) is 1.54. The zero-order valence-corrected chi connectivity index (χ0v) is 20.5. The molecule has 0 bridgehead atoms. The first-order valence-corrected chi connectivity index (χ1v) is 11.9. The van der Waals surface area contributed by atoms with E-state index in [2.05, 4.69) is 15.9 Å². The molecule has 1 aliphatic rings. The number of amides is 2. The van der Waals surface area contributed by atoms with Gasteiger partial charge in [-0.15, -0.1) is 0 Å². The predicted octanol–water partition coefficient (Wildman–Crippen LogP) is 6.78. The molecule has 3 aromatic rings. The molecule has 2 amide bonds. The van der Waals surface area contributed by atoms with E-state index in [1.807, 2.05) is 24.3 Å². The van der Waals surface area contributed by atoms with Crippen LogP contribution < -0.4 is 0 Å². The van der Waals surface area contributed by atoms with Crippen LogP contribution in [0.4, 0.5) is 4.79 Å². The highest BCUT2D eigenvalue weighted by Crippen LogP contribution is 2.35. The molecule has 6 nitrogen and oxygen atoms in total. The van der Waals surface area contributed by atoms with Crippen molar-refractivity contribution in [3.8, 4) is 11.3 Å². The number of imide groups is 1. The topological polar surface area (TPSA) is 76.8 Å². The third-order valence-corrected chi connectivity index (χ3v) is 6.48. The lowest BCUT2D eigenvalue weighted by Gasteiger charge is -2.12. The number of rotatable bonds is 6. The molecule has 168 valence electrons. The molecule has 2 aromatic carbocycles. The van der Waals surface area contributed by atoms with E-state index in [-0.39, 0.29) is 39.8 Å². The Morgan fingerprint density at radius 1 is 1.18 bits per heavy atom. The minimum absolute atomic E-state index is 0.187. The Morgan fingerprint density at radius 3 is 2.76 bits per heavy atom. The van der Waals surface area contributed by atoms with Crippen molar-refractivity contribution >= 4 is 62.5 Å². The molecule has 0 radical (unpaired) electrons. The van der Waals surface area contributed by atoms with Gasteiger partial charge in [0.1, 0.15) is 11.5 Å². The fraction of sp³-hybridized carbons (Fsp3) is 0.125. The standard InChI is InChI=1S/C24H17BrClNO5S/c1-2-31-23(29)18-11-15(6-8-19(18)26)20-9-7-17(32-20)12-21-22(28)27(24(30)33-21)13-14-4-3-5-16(25)10-14/h3-12H,2,13H2,1H3/b21-12+. The molecule has 9 heteroatoms. The molecule has 0 spiro atoms. The third kappa shape index (κ3) is 5.24. The second kappa shape index (κ2) is 9.99. The Balaban J connectivity index is 1.54. The van der Waals surface area contributed by atoms with Crippen molar-refractivity contribution in [2.45, 2.75) is 13.5 Å². The summed E-state index contributed by atoms with van der Waals surface area (Å²) in [6, 6.07) is 15.8. The Labute approximate surface area is 207 Å². The molecular weight excluding hydrogens is 530 g/mol. The van der Waals surface area contributed by atoms with E-state index in [0.717, 1.165) is 21.8 Å². The van der Waals surface area contributed by atoms with Crippen molar-refractivity contribution < 1.29 is 23.5 Å². The summed E-state index contributed by atoms with van der Waals surface area (Å²) in [5.41, 5.74) is 1.71. The van der Waals surface area contributed by atoms with Crippen LogP contribution >= 0.6 is 39.3 Å². The molecule has 1 aliphatic heterocycles. The Hall–Kier alpha value is -2.81. The van der Waals surface area contributed by atoms with Crippen molar-refractivity contribution in [3.05, 3.63) is 85.9 Å². The van der Waals surface area contributed by atoms with Gasteiger partial charge in [-0.05, 0) is 66.7 Å². The van der Waals surface area contributed by atoms with E-state index < -0.39 is 5.97 Å². The summed E-state index contributed by atoms with van der Waals surface area (Å²) in [6.45, 7) is 2.14. The lowest BCUT2D eigenvalue weighted by atomic mass is 10.1. The van der Waals surface area contributed by atoms with Crippen LogP contribution in [0.25, 0.3) is 17.4 Å². The summed E-state index contributed by atoms with van der Waals surface area (Å²) in [7, 11) is 0. The molecule has 0 saturated carbocycles.